The monoisotopic (exact) mass is 627 g/mol. The molecule has 3 aromatic carbocycles. The van der Waals surface area contributed by atoms with Crippen LogP contribution in [-0.2, 0) is 43.2 Å². The Morgan fingerprint density at radius 1 is 0.652 bits per heavy atom. The summed E-state index contributed by atoms with van der Waals surface area (Å²) in [5.41, 5.74) is 9.49. The largest absolute Gasteiger partial charge is 0.481 e. The summed E-state index contributed by atoms with van der Waals surface area (Å²) in [6.45, 7) is 0. The first-order valence-electron chi connectivity index (χ1n) is 14.8. The summed E-state index contributed by atoms with van der Waals surface area (Å²) in [5.74, 6) is -4.67. The number of para-hydroxylation sites is 1. The van der Waals surface area contributed by atoms with Gasteiger partial charge in [0.1, 0.15) is 18.1 Å². The van der Waals surface area contributed by atoms with Crippen LogP contribution in [0.1, 0.15) is 29.5 Å². The fourth-order valence-electron chi connectivity index (χ4n) is 5.10. The van der Waals surface area contributed by atoms with Crippen LogP contribution in [0.2, 0.25) is 0 Å². The Kier molecular flexibility index (Phi) is 11.6. The van der Waals surface area contributed by atoms with Crippen LogP contribution in [-0.4, -0.2) is 69.0 Å². The molecule has 1 aromatic heterocycles. The van der Waals surface area contributed by atoms with E-state index in [1.165, 1.54) is 0 Å². The molecule has 240 valence electrons. The van der Waals surface area contributed by atoms with E-state index in [9.17, 15) is 29.1 Å². The van der Waals surface area contributed by atoms with Gasteiger partial charge in [-0.1, -0.05) is 78.9 Å². The van der Waals surface area contributed by atoms with Gasteiger partial charge < -0.3 is 36.9 Å². The Morgan fingerprint density at radius 2 is 1.15 bits per heavy atom. The summed E-state index contributed by atoms with van der Waals surface area (Å²) >= 11 is 0. The molecule has 46 heavy (non-hydrogen) atoms. The summed E-state index contributed by atoms with van der Waals surface area (Å²) in [4.78, 5) is 66.5. The molecular formula is C34H37N5O7. The van der Waals surface area contributed by atoms with Crippen molar-refractivity contribution in [3.8, 4) is 0 Å². The van der Waals surface area contributed by atoms with Crippen LogP contribution in [0, 0.1) is 0 Å². The minimum Gasteiger partial charge on any atom is -0.481 e. The molecule has 3 amide bonds. The number of benzene rings is 3. The lowest BCUT2D eigenvalue weighted by molar-refractivity contribution is -0.143. The molecule has 0 bridgehead atoms. The highest BCUT2D eigenvalue weighted by Gasteiger charge is 2.31. The Labute approximate surface area is 265 Å². The van der Waals surface area contributed by atoms with Crippen molar-refractivity contribution in [2.24, 2.45) is 5.73 Å². The summed E-state index contributed by atoms with van der Waals surface area (Å²) < 4.78 is 0. The van der Waals surface area contributed by atoms with Crippen molar-refractivity contribution in [2.75, 3.05) is 0 Å². The number of rotatable bonds is 16. The highest BCUT2D eigenvalue weighted by Crippen LogP contribution is 2.19. The van der Waals surface area contributed by atoms with Crippen molar-refractivity contribution in [1.29, 1.82) is 0 Å². The Balaban J connectivity index is 1.53. The zero-order chi connectivity index (χ0) is 33.1. The Bertz CT molecular complexity index is 1660. The average molecular weight is 628 g/mol. The Morgan fingerprint density at radius 3 is 1.70 bits per heavy atom. The van der Waals surface area contributed by atoms with E-state index in [0.717, 1.165) is 22.0 Å². The van der Waals surface area contributed by atoms with Gasteiger partial charge in [-0.2, -0.15) is 0 Å². The van der Waals surface area contributed by atoms with Crippen molar-refractivity contribution in [3.05, 3.63) is 108 Å². The normalized spacial score (nSPS) is 13.6. The van der Waals surface area contributed by atoms with Gasteiger partial charge in [-0.25, -0.2) is 4.79 Å². The SMILES string of the molecule is NC(Cc1c[nH]c2ccccc12)C(=O)NC(Cc1ccccc1)C(=O)NC(Cc1ccccc1)C(=O)NC(CCC(=O)O)C(=O)O. The number of carboxylic acids is 2. The van der Waals surface area contributed by atoms with Gasteiger partial charge in [-0.15, -0.1) is 0 Å². The van der Waals surface area contributed by atoms with Crippen molar-refractivity contribution >= 4 is 40.6 Å². The number of carboxylic acid groups (broad SMARTS) is 2. The number of amides is 3. The molecule has 0 radical (unpaired) electrons. The molecule has 4 rings (SSSR count). The van der Waals surface area contributed by atoms with Gasteiger partial charge in [0.05, 0.1) is 6.04 Å². The van der Waals surface area contributed by atoms with E-state index >= 15 is 0 Å². The van der Waals surface area contributed by atoms with Crippen LogP contribution in [0.15, 0.2) is 91.1 Å². The molecule has 0 saturated heterocycles. The predicted molar refractivity (Wildman–Crippen MR) is 171 cm³/mol. The quantitative estimate of drug-likeness (QED) is 0.0975. The summed E-state index contributed by atoms with van der Waals surface area (Å²) in [7, 11) is 0. The number of carbonyl (C=O) groups excluding carboxylic acids is 3. The highest BCUT2D eigenvalue weighted by molar-refractivity contribution is 5.94. The highest BCUT2D eigenvalue weighted by atomic mass is 16.4. The standard InChI is InChI=1S/C34H37N5O7/c35-25(19-23-20-36-26-14-8-7-13-24(23)26)31(42)38-28(17-21-9-3-1-4-10-21)33(44)39-29(18-22-11-5-2-6-12-22)32(43)37-27(34(45)46)15-16-30(40)41/h1-14,20,25,27-29,36H,15-19,35H2,(H,37,43)(H,38,42)(H,39,44)(H,40,41)(H,45,46). The van der Waals surface area contributed by atoms with Crippen molar-refractivity contribution < 1.29 is 34.2 Å². The zero-order valence-corrected chi connectivity index (χ0v) is 25.0. The molecule has 12 nitrogen and oxygen atoms in total. The minimum atomic E-state index is -1.49. The number of nitrogens with one attached hydrogen (secondary N) is 4. The first kappa shape index (κ1) is 33.4. The molecule has 0 aliphatic carbocycles. The number of aromatic amines is 1. The van der Waals surface area contributed by atoms with Crippen LogP contribution >= 0.6 is 0 Å². The molecule has 8 N–H and O–H groups in total. The van der Waals surface area contributed by atoms with Crippen LogP contribution in [0.25, 0.3) is 10.9 Å². The van der Waals surface area contributed by atoms with Gasteiger partial charge in [0, 0.05) is 36.4 Å². The number of H-pyrrole nitrogens is 1. The van der Waals surface area contributed by atoms with Gasteiger partial charge in [-0.3, -0.25) is 19.2 Å². The molecule has 4 atom stereocenters. The molecule has 4 unspecified atom stereocenters. The number of fused-ring (bicyclic) bond motifs is 1. The van der Waals surface area contributed by atoms with E-state index in [1.807, 2.05) is 30.3 Å². The van der Waals surface area contributed by atoms with Crippen molar-refractivity contribution in [1.82, 2.24) is 20.9 Å². The lowest BCUT2D eigenvalue weighted by Gasteiger charge is -2.25. The zero-order valence-electron chi connectivity index (χ0n) is 25.0. The lowest BCUT2D eigenvalue weighted by Crippen LogP contribution is -2.58. The van der Waals surface area contributed by atoms with Gasteiger partial charge in [0.15, 0.2) is 0 Å². The van der Waals surface area contributed by atoms with Crippen LogP contribution < -0.4 is 21.7 Å². The van der Waals surface area contributed by atoms with E-state index < -0.39 is 60.2 Å². The van der Waals surface area contributed by atoms with Crippen LogP contribution in [0.4, 0.5) is 0 Å². The number of hydrogen-bond donors (Lipinski definition) is 7. The third-order valence-electron chi connectivity index (χ3n) is 7.54. The number of hydrogen-bond acceptors (Lipinski definition) is 6. The number of carbonyl (C=O) groups is 5. The molecule has 0 saturated carbocycles. The predicted octanol–water partition coefficient (Wildman–Crippen LogP) is 1.93. The average Bonchev–Trinajstić information content (AvgIpc) is 3.45. The second kappa shape index (κ2) is 16.0. The maximum atomic E-state index is 13.8. The second-order valence-corrected chi connectivity index (χ2v) is 11.0. The lowest BCUT2D eigenvalue weighted by atomic mass is 10.0. The molecule has 0 aliphatic heterocycles. The van der Waals surface area contributed by atoms with Gasteiger partial charge in [0.2, 0.25) is 17.7 Å². The molecule has 12 heteroatoms. The minimum absolute atomic E-state index is 0.00969. The van der Waals surface area contributed by atoms with Crippen molar-refractivity contribution in [2.45, 2.75) is 56.3 Å². The maximum absolute atomic E-state index is 13.8. The molecule has 1 heterocycles. The molecular weight excluding hydrogens is 590 g/mol. The molecule has 0 aliphatic rings. The smallest absolute Gasteiger partial charge is 0.326 e. The third-order valence-corrected chi connectivity index (χ3v) is 7.54. The van der Waals surface area contributed by atoms with E-state index in [2.05, 4.69) is 20.9 Å². The van der Waals surface area contributed by atoms with Crippen LogP contribution in [0.5, 0.6) is 0 Å². The van der Waals surface area contributed by atoms with Gasteiger partial charge in [-0.05, 0) is 35.6 Å². The molecule has 0 spiro atoms. The van der Waals surface area contributed by atoms with Crippen LogP contribution in [0.3, 0.4) is 0 Å². The molecule has 0 fully saturated rings. The topological polar surface area (TPSA) is 204 Å². The fraction of sp³-hybridized carbons (Fsp3) is 0.265. The number of aliphatic carboxylic acids is 2. The van der Waals surface area contributed by atoms with E-state index in [0.29, 0.717) is 5.56 Å². The van der Waals surface area contributed by atoms with E-state index in [4.69, 9.17) is 10.8 Å². The first-order valence-corrected chi connectivity index (χ1v) is 14.8. The third kappa shape index (κ3) is 9.50. The summed E-state index contributed by atoms with van der Waals surface area (Å²) in [6, 6.07) is 20.6. The summed E-state index contributed by atoms with van der Waals surface area (Å²) in [6.07, 6.45) is 1.28. The molecule has 4 aromatic rings. The first-order chi connectivity index (χ1) is 22.1. The van der Waals surface area contributed by atoms with Gasteiger partial charge in [0.25, 0.3) is 0 Å². The Hall–Kier alpha value is -5.49. The summed E-state index contributed by atoms with van der Waals surface area (Å²) in [5, 5.41) is 27.3. The van der Waals surface area contributed by atoms with Crippen molar-refractivity contribution in [3.63, 3.8) is 0 Å². The number of nitrogens with two attached hydrogens (primary N) is 1. The second-order valence-electron chi connectivity index (χ2n) is 11.0. The van der Waals surface area contributed by atoms with E-state index in [-0.39, 0.29) is 25.7 Å². The van der Waals surface area contributed by atoms with Gasteiger partial charge >= 0.3 is 11.9 Å². The fourth-order valence-corrected chi connectivity index (χ4v) is 5.10. The maximum Gasteiger partial charge on any atom is 0.326 e. The van der Waals surface area contributed by atoms with E-state index in [1.54, 1.807) is 60.8 Å². The number of aromatic nitrogens is 1.